The zero-order valence-electron chi connectivity index (χ0n) is 8.98. The highest BCUT2D eigenvalue weighted by Gasteiger charge is 2.18. The third-order valence-corrected chi connectivity index (χ3v) is 2.57. The van der Waals surface area contributed by atoms with E-state index in [-0.39, 0.29) is 11.9 Å². The van der Waals surface area contributed by atoms with Crippen molar-refractivity contribution >= 4 is 0 Å². The number of nitrogens with one attached hydrogen (secondary N) is 1. The molecule has 0 spiro atoms. The molecule has 0 radical (unpaired) electrons. The number of hydrogen-bond acceptors (Lipinski definition) is 5. The van der Waals surface area contributed by atoms with E-state index < -0.39 is 4.92 Å². The number of nitro groups is 1. The van der Waals surface area contributed by atoms with E-state index in [1.54, 1.807) is 0 Å². The summed E-state index contributed by atoms with van der Waals surface area (Å²) in [6.07, 6.45) is 2.94. The lowest BCUT2D eigenvalue weighted by Crippen LogP contribution is -2.46. The SMILES string of the molecule is CCN1CCCC(NC(N)=C[N+](=O)[O-])C1. The standard InChI is InChI=1S/C9H18N4O2/c1-2-12-5-3-4-8(6-12)11-9(10)7-13(14)15/h7-8,11H,2-6,10H2,1H3. The van der Waals surface area contributed by atoms with Crippen LogP contribution in [0.5, 0.6) is 0 Å². The predicted molar refractivity (Wildman–Crippen MR) is 57.5 cm³/mol. The summed E-state index contributed by atoms with van der Waals surface area (Å²) >= 11 is 0. The summed E-state index contributed by atoms with van der Waals surface area (Å²) in [6.45, 7) is 5.13. The molecule has 6 heteroatoms. The molecule has 0 aromatic rings. The molecule has 15 heavy (non-hydrogen) atoms. The minimum atomic E-state index is -0.539. The molecule has 1 heterocycles. The maximum Gasteiger partial charge on any atom is 0.273 e. The lowest BCUT2D eigenvalue weighted by molar-refractivity contribution is -0.403. The van der Waals surface area contributed by atoms with Crippen LogP contribution in [0.1, 0.15) is 19.8 Å². The van der Waals surface area contributed by atoms with Gasteiger partial charge in [-0.1, -0.05) is 6.92 Å². The van der Waals surface area contributed by atoms with Crippen LogP contribution in [0.15, 0.2) is 12.0 Å². The predicted octanol–water partition coefficient (Wildman–Crippen LogP) is 0.0946. The molecular weight excluding hydrogens is 196 g/mol. The molecule has 3 N–H and O–H groups in total. The molecule has 1 aliphatic rings. The largest absolute Gasteiger partial charge is 0.380 e. The maximum absolute atomic E-state index is 10.2. The molecule has 0 amide bonds. The summed E-state index contributed by atoms with van der Waals surface area (Å²) in [5, 5.41) is 13.1. The van der Waals surface area contributed by atoms with Crippen molar-refractivity contribution in [3.63, 3.8) is 0 Å². The smallest absolute Gasteiger partial charge is 0.273 e. The van der Waals surface area contributed by atoms with Gasteiger partial charge in [0.05, 0.1) is 4.92 Å². The van der Waals surface area contributed by atoms with Crippen molar-refractivity contribution in [2.75, 3.05) is 19.6 Å². The molecule has 1 aliphatic heterocycles. The second-order valence-corrected chi connectivity index (χ2v) is 3.75. The lowest BCUT2D eigenvalue weighted by atomic mass is 10.1. The Labute approximate surface area is 89.3 Å². The topological polar surface area (TPSA) is 84.4 Å². The molecule has 0 bridgehead atoms. The molecule has 0 saturated carbocycles. The molecule has 0 aromatic carbocycles. The average molecular weight is 214 g/mol. The van der Waals surface area contributed by atoms with Gasteiger partial charge in [0.1, 0.15) is 0 Å². The van der Waals surface area contributed by atoms with Gasteiger partial charge in [-0.3, -0.25) is 10.1 Å². The fourth-order valence-corrected chi connectivity index (χ4v) is 1.85. The second kappa shape index (κ2) is 5.55. The van der Waals surface area contributed by atoms with E-state index in [2.05, 4.69) is 17.1 Å². The fraction of sp³-hybridized carbons (Fsp3) is 0.778. The summed E-state index contributed by atoms with van der Waals surface area (Å²) in [5.41, 5.74) is 5.48. The molecule has 1 atom stereocenters. The van der Waals surface area contributed by atoms with Crippen molar-refractivity contribution in [3.8, 4) is 0 Å². The first kappa shape index (κ1) is 11.8. The van der Waals surface area contributed by atoms with Crippen LogP contribution in [-0.4, -0.2) is 35.5 Å². The Hall–Kier alpha value is -1.30. The summed E-state index contributed by atoms with van der Waals surface area (Å²) in [4.78, 5) is 11.9. The second-order valence-electron chi connectivity index (χ2n) is 3.75. The summed E-state index contributed by atoms with van der Waals surface area (Å²) < 4.78 is 0. The van der Waals surface area contributed by atoms with E-state index in [0.717, 1.165) is 38.7 Å². The Morgan fingerprint density at radius 3 is 3.13 bits per heavy atom. The first-order valence-corrected chi connectivity index (χ1v) is 5.21. The molecule has 1 fully saturated rings. The number of nitrogens with zero attached hydrogens (tertiary/aromatic N) is 2. The summed E-state index contributed by atoms with van der Waals surface area (Å²) in [7, 11) is 0. The number of nitrogens with two attached hydrogens (primary N) is 1. The van der Waals surface area contributed by atoms with Gasteiger partial charge in [-0.15, -0.1) is 0 Å². The van der Waals surface area contributed by atoms with Gasteiger partial charge in [0.2, 0.25) is 0 Å². The minimum absolute atomic E-state index is 0.142. The molecular formula is C9H18N4O2. The van der Waals surface area contributed by atoms with Crippen LogP contribution in [0.4, 0.5) is 0 Å². The quantitative estimate of drug-likeness (QED) is 0.512. The molecule has 0 aromatic heterocycles. The van der Waals surface area contributed by atoms with Crippen LogP contribution in [0.25, 0.3) is 0 Å². The summed E-state index contributed by atoms with van der Waals surface area (Å²) in [6, 6.07) is 0.231. The zero-order chi connectivity index (χ0) is 11.3. The van der Waals surface area contributed by atoms with Gasteiger partial charge in [-0.2, -0.15) is 0 Å². The van der Waals surface area contributed by atoms with E-state index >= 15 is 0 Å². The van der Waals surface area contributed by atoms with E-state index in [9.17, 15) is 10.1 Å². The number of likely N-dealkylation sites (N-methyl/N-ethyl adjacent to an activating group) is 1. The van der Waals surface area contributed by atoms with Crippen molar-refractivity contribution in [1.82, 2.24) is 10.2 Å². The Morgan fingerprint density at radius 1 is 1.80 bits per heavy atom. The molecule has 1 rings (SSSR count). The van der Waals surface area contributed by atoms with Gasteiger partial charge in [0.15, 0.2) is 5.82 Å². The first-order valence-electron chi connectivity index (χ1n) is 5.21. The van der Waals surface area contributed by atoms with Crippen LogP contribution in [-0.2, 0) is 0 Å². The van der Waals surface area contributed by atoms with Crippen molar-refractivity contribution in [2.45, 2.75) is 25.8 Å². The highest BCUT2D eigenvalue weighted by Crippen LogP contribution is 2.09. The van der Waals surface area contributed by atoms with Crippen LogP contribution >= 0.6 is 0 Å². The van der Waals surface area contributed by atoms with Gasteiger partial charge in [0, 0.05) is 12.6 Å². The van der Waals surface area contributed by atoms with Crippen LogP contribution in [0.2, 0.25) is 0 Å². The van der Waals surface area contributed by atoms with E-state index in [1.807, 2.05) is 0 Å². The van der Waals surface area contributed by atoms with E-state index in [0.29, 0.717) is 0 Å². The number of rotatable bonds is 4. The van der Waals surface area contributed by atoms with Gasteiger partial charge in [-0.05, 0) is 25.9 Å². The van der Waals surface area contributed by atoms with Crippen molar-refractivity contribution in [2.24, 2.45) is 5.73 Å². The Balaban J connectivity index is 2.41. The molecule has 6 nitrogen and oxygen atoms in total. The van der Waals surface area contributed by atoms with Crippen molar-refractivity contribution in [1.29, 1.82) is 0 Å². The molecule has 86 valence electrons. The van der Waals surface area contributed by atoms with Gasteiger partial charge in [-0.25, -0.2) is 0 Å². The van der Waals surface area contributed by atoms with Gasteiger partial charge < -0.3 is 16.0 Å². The Kier molecular flexibility index (Phi) is 4.36. The third-order valence-electron chi connectivity index (χ3n) is 2.57. The van der Waals surface area contributed by atoms with Gasteiger partial charge in [0.25, 0.3) is 6.20 Å². The van der Waals surface area contributed by atoms with Gasteiger partial charge >= 0.3 is 0 Å². The normalized spacial score (nSPS) is 23.8. The third kappa shape index (κ3) is 4.16. The van der Waals surface area contributed by atoms with Crippen LogP contribution < -0.4 is 11.1 Å². The Morgan fingerprint density at radius 2 is 2.53 bits per heavy atom. The Bertz CT molecular complexity index is 254. The zero-order valence-corrected chi connectivity index (χ0v) is 8.98. The maximum atomic E-state index is 10.2. The van der Waals surface area contributed by atoms with Crippen molar-refractivity contribution in [3.05, 3.63) is 22.1 Å². The van der Waals surface area contributed by atoms with Crippen LogP contribution in [0.3, 0.4) is 0 Å². The highest BCUT2D eigenvalue weighted by molar-refractivity contribution is 4.92. The fourth-order valence-electron chi connectivity index (χ4n) is 1.85. The van der Waals surface area contributed by atoms with Crippen molar-refractivity contribution < 1.29 is 4.92 Å². The number of piperidine rings is 1. The average Bonchev–Trinajstić information content (AvgIpc) is 2.16. The lowest BCUT2D eigenvalue weighted by Gasteiger charge is -2.32. The van der Waals surface area contributed by atoms with Crippen LogP contribution in [0, 0.1) is 10.1 Å². The highest BCUT2D eigenvalue weighted by atomic mass is 16.6. The molecule has 1 unspecified atom stereocenters. The number of likely N-dealkylation sites (tertiary alicyclic amines) is 1. The molecule has 0 aliphatic carbocycles. The van der Waals surface area contributed by atoms with E-state index in [4.69, 9.17) is 5.73 Å². The monoisotopic (exact) mass is 214 g/mol. The number of hydrogen-bond donors (Lipinski definition) is 2. The first-order chi connectivity index (χ1) is 7.11. The summed E-state index contributed by atoms with van der Waals surface area (Å²) in [5.74, 6) is 0.142. The molecule has 1 saturated heterocycles. The minimum Gasteiger partial charge on any atom is -0.380 e. The van der Waals surface area contributed by atoms with E-state index in [1.165, 1.54) is 0 Å².